The molecule has 0 aliphatic carbocycles. The standard InChI is InChI=1S/C14H16N2O5S/c1-9-10(2)21-13(16-9)8-15-22(18,19)12-6-4-11(5-7-12)14(17)20-3/h4-7,15H,8H2,1-3H3. The number of hydrogen-bond donors (Lipinski definition) is 1. The van der Waals surface area contributed by atoms with Crippen molar-refractivity contribution in [1.82, 2.24) is 9.71 Å². The average Bonchev–Trinajstić information content (AvgIpc) is 2.83. The largest absolute Gasteiger partial charge is 0.465 e. The lowest BCUT2D eigenvalue weighted by molar-refractivity contribution is 0.0600. The molecule has 118 valence electrons. The van der Waals surface area contributed by atoms with Crippen LogP contribution in [-0.4, -0.2) is 26.5 Å². The van der Waals surface area contributed by atoms with Gasteiger partial charge in [0.1, 0.15) is 5.76 Å². The third-order valence-electron chi connectivity index (χ3n) is 3.07. The molecule has 0 saturated heterocycles. The van der Waals surface area contributed by atoms with Crippen LogP contribution in [-0.2, 0) is 21.3 Å². The molecule has 1 heterocycles. The number of aromatic nitrogens is 1. The molecule has 1 aromatic heterocycles. The molecule has 0 unspecified atom stereocenters. The number of ether oxygens (including phenoxy) is 1. The molecule has 8 heteroatoms. The molecule has 1 aromatic carbocycles. The number of benzene rings is 1. The van der Waals surface area contributed by atoms with Crippen molar-refractivity contribution in [1.29, 1.82) is 0 Å². The monoisotopic (exact) mass is 324 g/mol. The fourth-order valence-corrected chi connectivity index (χ4v) is 2.72. The third-order valence-corrected chi connectivity index (χ3v) is 4.49. The predicted molar refractivity (Wildman–Crippen MR) is 77.8 cm³/mol. The van der Waals surface area contributed by atoms with Crippen LogP contribution < -0.4 is 4.72 Å². The number of nitrogens with one attached hydrogen (secondary N) is 1. The van der Waals surface area contributed by atoms with E-state index in [4.69, 9.17) is 4.42 Å². The van der Waals surface area contributed by atoms with Gasteiger partial charge in [-0.1, -0.05) is 0 Å². The third kappa shape index (κ3) is 3.52. The SMILES string of the molecule is COC(=O)c1ccc(S(=O)(=O)NCc2nc(C)c(C)o2)cc1. The number of methoxy groups -OCH3 is 1. The molecule has 0 spiro atoms. The summed E-state index contributed by atoms with van der Waals surface area (Å²) in [5.74, 6) is 0.420. The molecule has 0 aliphatic heterocycles. The molecular formula is C14H16N2O5S. The minimum absolute atomic E-state index is 0.0418. The van der Waals surface area contributed by atoms with Crippen molar-refractivity contribution < 1.29 is 22.4 Å². The second-order valence-corrected chi connectivity index (χ2v) is 6.36. The van der Waals surface area contributed by atoms with E-state index in [2.05, 4.69) is 14.4 Å². The predicted octanol–water partition coefficient (Wildman–Crippen LogP) is 1.56. The summed E-state index contributed by atoms with van der Waals surface area (Å²) in [7, 11) is -2.45. The van der Waals surface area contributed by atoms with E-state index in [0.29, 0.717) is 11.7 Å². The molecular weight excluding hydrogens is 308 g/mol. The van der Waals surface area contributed by atoms with E-state index in [0.717, 1.165) is 5.69 Å². The van der Waals surface area contributed by atoms with Gasteiger partial charge in [0.15, 0.2) is 0 Å². The molecule has 0 saturated carbocycles. The summed E-state index contributed by atoms with van der Waals surface area (Å²) in [5.41, 5.74) is 0.997. The summed E-state index contributed by atoms with van der Waals surface area (Å²) < 4.78 is 36.6. The van der Waals surface area contributed by atoms with Crippen LogP contribution in [0.1, 0.15) is 27.7 Å². The van der Waals surface area contributed by atoms with Gasteiger partial charge in [-0.05, 0) is 38.1 Å². The van der Waals surface area contributed by atoms with E-state index in [1.54, 1.807) is 13.8 Å². The highest BCUT2D eigenvalue weighted by molar-refractivity contribution is 7.89. The second kappa shape index (κ2) is 6.29. The first-order valence-corrected chi connectivity index (χ1v) is 7.93. The highest BCUT2D eigenvalue weighted by Crippen LogP contribution is 2.13. The molecule has 22 heavy (non-hydrogen) atoms. The van der Waals surface area contributed by atoms with Crippen LogP contribution in [0.5, 0.6) is 0 Å². The van der Waals surface area contributed by atoms with Crippen molar-refractivity contribution in [2.45, 2.75) is 25.3 Å². The van der Waals surface area contributed by atoms with Crippen LogP contribution in [0.15, 0.2) is 33.6 Å². The summed E-state index contributed by atoms with van der Waals surface area (Å²) in [6.07, 6.45) is 0. The Labute approximate surface area is 128 Å². The number of carbonyl (C=O) groups is 1. The summed E-state index contributed by atoms with van der Waals surface area (Å²) in [4.78, 5) is 15.5. The smallest absolute Gasteiger partial charge is 0.337 e. The maximum atomic E-state index is 12.2. The Hall–Kier alpha value is -2.19. The van der Waals surface area contributed by atoms with Crippen LogP contribution in [0.3, 0.4) is 0 Å². The number of oxazole rings is 1. The van der Waals surface area contributed by atoms with Crippen LogP contribution in [0.4, 0.5) is 0 Å². The van der Waals surface area contributed by atoms with Gasteiger partial charge < -0.3 is 9.15 Å². The second-order valence-electron chi connectivity index (χ2n) is 4.59. The van der Waals surface area contributed by atoms with E-state index in [-0.39, 0.29) is 17.0 Å². The van der Waals surface area contributed by atoms with Crippen molar-refractivity contribution >= 4 is 16.0 Å². The summed E-state index contributed by atoms with van der Waals surface area (Å²) in [6, 6.07) is 5.45. The molecule has 0 radical (unpaired) electrons. The molecule has 2 rings (SSSR count). The van der Waals surface area contributed by atoms with Crippen LogP contribution in [0.2, 0.25) is 0 Å². The lowest BCUT2D eigenvalue weighted by Gasteiger charge is -2.05. The Morgan fingerprint density at radius 1 is 1.27 bits per heavy atom. The molecule has 7 nitrogen and oxygen atoms in total. The zero-order valence-electron chi connectivity index (χ0n) is 12.4. The summed E-state index contributed by atoms with van der Waals surface area (Å²) in [5, 5.41) is 0. The van der Waals surface area contributed by atoms with Gasteiger partial charge >= 0.3 is 5.97 Å². The maximum Gasteiger partial charge on any atom is 0.337 e. The lowest BCUT2D eigenvalue weighted by Crippen LogP contribution is -2.23. The van der Waals surface area contributed by atoms with Crippen molar-refractivity contribution in [3.8, 4) is 0 Å². The number of carbonyl (C=O) groups excluding carboxylic acids is 1. The van der Waals surface area contributed by atoms with E-state index >= 15 is 0 Å². The summed E-state index contributed by atoms with van der Waals surface area (Å²) >= 11 is 0. The van der Waals surface area contributed by atoms with Crippen molar-refractivity contribution in [3.63, 3.8) is 0 Å². The molecule has 1 N–H and O–H groups in total. The lowest BCUT2D eigenvalue weighted by atomic mass is 10.2. The van der Waals surface area contributed by atoms with Gasteiger partial charge in [0.25, 0.3) is 0 Å². The number of rotatable bonds is 5. The van der Waals surface area contributed by atoms with Crippen LogP contribution in [0, 0.1) is 13.8 Å². The van der Waals surface area contributed by atoms with Gasteiger partial charge in [-0.25, -0.2) is 22.9 Å². The number of sulfonamides is 1. The fraction of sp³-hybridized carbons (Fsp3) is 0.286. The minimum Gasteiger partial charge on any atom is -0.465 e. The van der Waals surface area contributed by atoms with Gasteiger partial charge in [-0.3, -0.25) is 0 Å². The van der Waals surface area contributed by atoms with Crippen molar-refractivity contribution in [2.24, 2.45) is 0 Å². The molecule has 0 aliphatic rings. The quantitative estimate of drug-likeness (QED) is 0.838. The van der Waals surface area contributed by atoms with Crippen molar-refractivity contribution in [3.05, 3.63) is 47.2 Å². The fourth-order valence-electron chi connectivity index (χ4n) is 1.74. The van der Waals surface area contributed by atoms with Crippen LogP contribution >= 0.6 is 0 Å². The highest BCUT2D eigenvalue weighted by Gasteiger charge is 2.16. The van der Waals surface area contributed by atoms with Gasteiger partial charge in [-0.15, -0.1) is 0 Å². The van der Waals surface area contributed by atoms with E-state index < -0.39 is 16.0 Å². The number of esters is 1. The Morgan fingerprint density at radius 3 is 2.41 bits per heavy atom. The molecule has 0 amide bonds. The Morgan fingerprint density at radius 2 is 1.91 bits per heavy atom. The van der Waals surface area contributed by atoms with Crippen molar-refractivity contribution in [2.75, 3.05) is 7.11 Å². The molecule has 2 aromatic rings. The van der Waals surface area contributed by atoms with Crippen LogP contribution in [0.25, 0.3) is 0 Å². The highest BCUT2D eigenvalue weighted by atomic mass is 32.2. The Bertz CT molecular complexity index is 759. The Balaban J connectivity index is 2.11. The normalized spacial score (nSPS) is 11.4. The number of nitrogens with zero attached hydrogens (tertiary/aromatic N) is 1. The van der Waals surface area contributed by atoms with Gasteiger partial charge in [0.2, 0.25) is 15.9 Å². The molecule has 0 fully saturated rings. The first-order valence-electron chi connectivity index (χ1n) is 6.44. The average molecular weight is 324 g/mol. The van der Waals surface area contributed by atoms with E-state index in [9.17, 15) is 13.2 Å². The zero-order valence-corrected chi connectivity index (χ0v) is 13.2. The summed E-state index contributed by atoms with van der Waals surface area (Å²) in [6.45, 7) is 3.49. The zero-order chi connectivity index (χ0) is 16.3. The molecule has 0 atom stereocenters. The minimum atomic E-state index is -3.71. The van der Waals surface area contributed by atoms with Gasteiger partial charge in [-0.2, -0.15) is 0 Å². The number of hydrogen-bond acceptors (Lipinski definition) is 6. The maximum absolute atomic E-state index is 12.2. The van der Waals surface area contributed by atoms with Gasteiger partial charge in [0, 0.05) is 0 Å². The van der Waals surface area contributed by atoms with E-state index in [1.807, 2.05) is 0 Å². The number of aryl methyl sites for hydroxylation is 2. The first-order chi connectivity index (χ1) is 10.3. The topological polar surface area (TPSA) is 98.5 Å². The Kier molecular flexibility index (Phi) is 4.62. The first kappa shape index (κ1) is 16.2. The molecule has 0 bridgehead atoms. The van der Waals surface area contributed by atoms with Gasteiger partial charge in [0.05, 0.1) is 29.8 Å². The van der Waals surface area contributed by atoms with E-state index in [1.165, 1.54) is 31.4 Å².